The van der Waals surface area contributed by atoms with Gasteiger partial charge < -0.3 is 15.3 Å². The smallest absolute Gasteiger partial charge is 0.313 e. The highest BCUT2D eigenvalue weighted by Gasteiger charge is 2.64. The molecular weight excluding hydrogens is 420 g/mol. The van der Waals surface area contributed by atoms with Gasteiger partial charge >= 0.3 is 11.9 Å². The molecule has 3 N–H and O–H groups in total. The number of fused-ring (bicyclic) bond motifs is 5. The van der Waals surface area contributed by atoms with Crippen LogP contribution in [0.5, 0.6) is 0 Å². The molecule has 6 unspecified atom stereocenters. The van der Waals surface area contributed by atoms with Crippen LogP contribution in [0.2, 0.25) is 0 Å². The molecular formula is C23H34O5S2. The monoisotopic (exact) mass is 454 g/mol. The largest absolute Gasteiger partial charge is 0.481 e. The first-order valence-corrected chi connectivity index (χ1v) is 13.2. The number of hydrogen-bond donors (Lipinski definition) is 3. The Morgan fingerprint density at radius 3 is 2.27 bits per heavy atom. The second-order valence-corrected chi connectivity index (χ2v) is 13.1. The Morgan fingerprint density at radius 1 is 1.00 bits per heavy atom. The van der Waals surface area contributed by atoms with Gasteiger partial charge in [0.05, 0.1) is 21.7 Å². The van der Waals surface area contributed by atoms with Crippen LogP contribution in [0.15, 0.2) is 11.6 Å². The number of thioether (sulfide) groups is 2. The number of aliphatic carboxylic acids is 2. The van der Waals surface area contributed by atoms with Crippen molar-refractivity contribution in [1.82, 2.24) is 0 Å². The van der Waals surface area contributed by atoms with Crippen LogP contribution in [0.3, 0.4) is 0 Å². The van der Waals surface area contributed by atoms with Gasteiger partial charge in [-0.25, -0.2) is 0 Å². The summed E-state index contributed by atoms with van der Waals surface area (Å²) in [5, 5.41) is 28.9. The van der Waals surface area contributed by atoms with Crippen molar-refractivity contribution in [3.8, 4) is 0 Å². The molecule has 3 saturated carbocycles. The second-order valence-electron chi connectivity index (χ2n) is 10.3. The van der Waals surface area contributed by atoms with Crippen LogP contribution in [0.1, 0.15) is 65.2 Å². The van der Waals surface area contributed by atoms with Crippen LogP contribution < -0.4 is 0 Å². The Kier molecular flexibility index (Phi) is 6.04. The molecule has 0 aromatic rings. The normalized spacial score (nSPS) is 41.9. The van der Waals surface area contributed by atoms with Gasteiger partial charge in [0.1, 0.15) is 0 Å². The minimum absolute atomic E-state index is 0.0304. The van der Waals surface area contributed by atoms with Gasteiger partial charge in [0.15, 0.2) is 0 Å². The Labute approximate surface area is 187 Å². The number of rotatable bonds is 6. The average molecular weight is 455 g/mol. The van der Waals surface area contributed by atoms with Crippen molar-refractivity contribution in [2.24, 2.45) is 28.6 Å². The van der Waals surface area contributed by atoms with Gasteiger partial charge in [-0.15, -0.1) is 23.5 Å². The molecule has 0 heterocycles. The van der Waals surface area contributed by atoms with Crippen LogP contribution >= 0.6 is 23.5 Å². The number of carboxylic acids is 2. The van der Waals surface area contributed by atoms with Gasteiger partial charge in [-0.2, -0.15) is 0 Å². The maximum atomic E-state index is 11.4. The number of carboxylic acid groups (broad SMARTS) is 2. The van der Waals surface area contributed by atoms with Crippen molar-refractivity contribution in [1.29, 1.82) is 0 Å². The third-order valence-electron chi connectivity index (χ3n) is 8.98. The molecule has 4 aliphatic carbocycles. The van der Waals surface area contributed by atoms with Crippen molar-refractivity contribution in [2.45, 2.75) is 75.4 Å². The van der Waals surface area contributed by atoms with Crippen molar-refractivity contribution >= 4 is 35.5 Å². The summed E-state index contributed by atoms with van der Waals surface area (Å²) in [4.78, 5) is 22.8. The molecule has 6 atom stereocenters. The summed E-state index contributed by atoms with van der Waals surface area (Å²) in [7, 11) is 0. The maximum Gasteiger partial charge on any atom is 0.313 e. The van der Waals surface area contributed by atoms with E-state index in [2.05, 4.69) is 19.9 Å². The lowest BCUT2D eigenvalue weighted by molar-refractivity contribution is -0.134. The van der Waals surface area contributed by atoms with Crippen LogP contribution in [-0.4, -0.2) is 48.9 Å². The predicted octanol–water partition coefficient (Wildman–Crippen LogP) is 4.64. The summed E-state index contributed by atoms with van der Waals surface area (Å²) in [6.07, 6.45) is 10.1. The van der Waals surface area contributed by atoms with E-state index in [1.54, 1.807) is 0 Å². The van der Waals surface area contributed by atoms with Crippen LogP contribution in [-0.2, 0) is 9.59 Å². The lowest BCUT2D eigenvalue weighted by Gasteiger charge is -2.59. The molecule has 0 aliphatic heterocycles. The summed E-state index contributed by atoms with van der Waals surface area (Å²) in [5.41, 5.74) is 1.58. The van der Waals surface area contributed by atoms with Gasteiger partial charge in [0.2, 0.25) is 0 Å². The van der Waals surface area contributed by atoms with Crippen molar-refractivity contribution in [3.63, 3.8) is 0 Å². The van der Waals surface area contributed by atoms with Crippen LogP contribution in [0.25, 0.3) is 0 Å². The third kappa shape index (κ3) is 3.53. The first-order chi connectivity index (χ1) is 14.1. The van der Waals surface area contributed by atoms with E-state index in [1.807, 2.05) is 0 Å². The molecule has 168 valence electrons. The van der Waals surface area contributed by atoms with E-state index in [0.717, 1.165) is 51.4 Å². The third-order valence-corrected chi connectivity index (χ3v) is 12.7. The van der Waals surface area contributed by atoms with E-state index >= 15 is 0 Å². The van der Waals surface area contributed by atoms with E-state index in [4.69, 9.17) is 0 Å². The Balaban J connectivity index is 1.63. The molecule has 0 radical (unpaired) electrons. The number of allylic oxidation sites excluding steroid dienone is 1. The fourth-order valence-corrected chi connectivity index (χ4v) is 10.6. The van der Waals surface area contributed by atoms with Gasteiger partial charge in [0.25, 0.3) is 0 Å². The molecule has 4 rings (SSSR count). The minimum Gasteiger partial charge on any atom is -0.481 e. The number of aliphatic hydroxyl groups excluding tert-OH is 1. The molecule has 30 heavy (non-hydrogen) atoms. The molecule has 0 saturated heterocycles. The van der Waals surface area contributed by atoms with Crippen molar-refractivity contribution in [2.75, 3.05) is 11.5 Å². The SMILES string of the molecule is CC12CCC(O)CC1=CCC1C2CCC2(C)C1CCC2(SCC(=O)O)SCC(=O)O. The Bertz CT molecular complexity index is 734. The van der Waals surface area contributed by atoms with Crippen molar-refractivity contribution in [3.05, 3.63) is 11.6 Å². The molecule has 0 amide bonds. The number of hydrogen-bond acceptors (Lipinski definition) is 5. The molecule has 3 fully saturated rings. The summed E-state index contributed by atoms with van der Waals surface area (Å²) in [6.45, 7) is 4.72. The van der Waals surface area contributed by atoms with Gasteiger partial charge in [0, 0.05) is 0 Å². The van der Waals surface area contributed by atoms with E-state index < -0.39 is 11.9 Å². The standard InChI is InChI=1S/C23H34O5S2/c1-21-8-5-15(24)11-14(21)3-4-16-17(21)6-9-22(2)18(16)7-10-23(22,29-12-19(25)26)30-13-20(27)28/h3,15-18,24H,4-13H2,1-2H3,(H,25,26)(H,27,28). The molecule has 0 spiro atoms. The lowest BCUT2D eigenvalue weighted by Crippen LogP contribution is -2.53. The molecule has 7 heteroatoms. The number of aliphatic hydroxyl groups is 1. The van der Waals surface area contributed by atoms with Crippen LogP contribution in [0, 0.1) is 28.6 Å². The zero-order valence-corrected chi connectivity index (χ0v) is 19.6. The topological polar surface area (TPSA) is 94.8 Å². The summed E-state index contributed by atoms with van der Waals surface area (Å²) in [5.74, 6) is 0.105. The zero-order valence-electron chi connectivity index (χ0n) is 17.9. The van der Waals surface area contributed by atoms with E-state index in [9.17, 15) is 24.9 Å². The average Bonchev–Trinajstić information content (AvgIpc) is 2.98. The molecule has 0 bridgehead atoms. The second kappa shape index (κ2) is 8.04. The molecule has 0 aromatic carbocycles. The Hall–Kier alpha value is -0.660. The highest BCUT2D eigenvalue weighted by Crippen LogP contribution is 2.72. The van der Waals surface area contributed by atoms with E-state index in [1.165, 1.54) is 29.1 Å². The fraction of sp³-hybridized carbons (Fsp3) is 0.826. The Morgan fingerprint density at radius 2 is 1.63 bits per heavy atom. The molecule has 4 aliphatic rings. The highest BCUT2D eigenvalue weighted by molar-refractivity contribution is 8.18. The predicted molar refractivity (Wildman–Crippen MR) is 121 cm³/mol. The quantitative estimate of drug-likeness (QED) is 0.397. The first kappa shape index (κ1) is 22.5. The number of carbonyl (C=O) groups is 2. The van der Waals surface area contributed by atoms with Crippen molar-refractivity contribution < 1.29 is 24.9 Å². The minimum atomic E-state index is -0.824. The maximum absolute atomic E-state index is 11.4. The van der Waals surface area contributed by atoms with E-state index in [-0.39, 0.29) is 32.5 Å². The highest BCUT2D eigenvalue weighted by atomic mass is 32.2. The molecule has 0 aromatic heterocycles. The lowest BCUT2D eigenvalue weighted by atomic mass is 9.48. The molecule has 5 nitrogen and oxygen atoms in total. The van der Waals surface area contributed by atoms with Crippen LogP contribution in [0.4, 0.5) is 0 Å². The first-order valence-electron chi connectivity index (χ1n) is 11.2. The fourth-order valence-electron chi connectivity index (χ4n) is 7.47. The summed E-state index contributed by atoms with van der Waals surface area (Å²) >= 11 is 2.96. The zero-order chi connectivity index (χ0) is 21.7. The summed E-state index contributed by atoms with van der Waals surface area (Å²) in [6, 6.07) is 0. The van der Waals surface area contributed by atoms with E-state index in [0.29, 0.717) is 17.8 Å². The van der Waals surface area contributed by atoms with Gasteiger partial charge in [-0.05, 0) is 80.0 Å². The van der Waals surface area contributed by atoms with Gasteiger partial charge in [-0.1, -0.05) is 25.5 Å². The summed E-state index contributed by atoms with van der Waals surface area (Å²) < 4.78 is -0.340. The van der Waals surface area contributed by atoms with Gasteiger partial charge in [-0.3, -0.25) is 9.59 Å².